The van der Waals surface area contributed by atoms with Gasteiger partial charge in [0.2, 0.25) is 5.95 Å². The Morgan fingerprint density at radius 2 is 1.90 bits per heavy atom. The van der Waals surface area contributed by atoms with E-state index in [1.54, 1.807) is 31.3 Å². The van der Waals surface area contributed by atoms with Crippen molar-refractivity contribution in [2.45, 2.75) is 13.3 Å². The molecule has 0 unspecified atom stereocenters. The van der Waals surface area contributed by atoms with Crippen molar-refractivity contribution in [2.75, 3.05) is 11.9 Å². The molecule has 0 fully saturated rings. The van der Waals surface area contributed by atoms with E-state index in [9.17, 15) is 14.0 Å². The minimum absolute atomic E-state index is 0.245. The van der Waals surface area contributed by atoms with Gasteiger partial charge in [-0.25, -0.2) is 18.7 Å². The Hall–Kier alpha value is -3.81. The van der Waals surface area contributed by atoms with Crippen molar-refractivity contribution < 1.29 is 4.39 Å². The van der Waals surface area contributed by atoms with Gasteiger partial charge < -0.3 is 5.32 Å². The molecule has 2 aromatic carbocycles. The molecule has 0 atom stereocenters. The number of nitrogens with zero attached hydrogens (tertiary/aromatic N) is 4. The number of hydrogen-bond acceptors (Lipinski definition) is 5. The van der Waals surface area contributed by atoms with E-state index in [1.165, 1.54) is 22.9 Å². The molecule has 4 rings (SSSR count). The van der Waals surface area contributed by atoms with Gasteiger partial charge in [0.1, 0.15) is 11.2 Å². The zero-order valence-corrected chi connectivity index (χ0v) is 16.6. The standard InChI is InChI=1S/C22H20FN5O2/c1-14-5-3-8-17(11-14)28-20(29)18-13-25-21(26-19(18)27(2)22(28)30)24-10-9-15-6-4-7-16(23)12-15/h3-8,11-13H,9-10H2,1-2H3,(H,24,25,26). The maximum atomic E-state index is 13.3. The minimum Gasteiger partial charge on any atom is -0.354 e. The second kappa shape index (κ2) is 7.90. The van der Waals surface area contributed by atoms with Gasteiger partial charge in [-0.3, -0.25) is 9.36 Å². The van der Waals surface area contributed by atoms with Crippen LogP contribution in [0.25, 0.3) is 16.7 Å². The molecular formula is C22H20FN5O2. The van der Waals surface area contributed by atoms with Gasteiger partial charge in [-0.15, -0.1) is 0 Å². The number of halogens is 1. The summed E-state index contributed by atoms with van der Waals surface area (Å²) in [6, 6.07) is 13.5. The Kier molecular flexibility index (Phi) is 5.14. The summed E-state index contributed by atoms with van der Waals surface area (Å²) in [6.45, 7) is 2.37. The van der Waals surface area contributed by atoms with E-state index in [-0.39, 0.29) is 16.9 Å². The van der Waals surface area contributed by atoms with E-state index < -0.39 is 11.2 Å². The molecule has 152 valence electrons. The maximum absolute atomic E-state index is 13.3. The van der Waals surface area contributed by atoms with Crippen molar-refractivity contribution in [3.05, 3.63) is 92.5 Å². The largest absolute Gasteiger partial charge is 0.354 e. The molecule has 8 heteroatoms. The van der Waals surface area contributed by atoms with Crippen LogP contribution in [0.15, 0.2) is 64.3 Å². The predicted molar refractivity (Wildman–Crippen MR) is 114 cm³/mol. The Bertz CT molecular complexity index is 1360. The van der Waals surface area contributed by atoms with Crippen molar-refractivity contribution in [1.82, 2.24) is 19.1 Å². The molecule has 0 aliphatic rings. The van der Waals surface area contributed by atoms with Gasteiger partial charge in [0.15, 0.2) is 5.65 Å². The molecule has 0 aliphatic carbocycles. The smallest absolute Gasteiger partial charge is 0.337 e. The lowest BCUT2D eigenvalue weighted by atomic mass is 10.1. The van der Waals surface area contributed by atoms with Gasteiger partial charge >= 0.3 is 5.69 Å². The normalized spacial score (nSPS) is 11.0. The van der Waals surface area contributed by atoms with Crippen LogP contribution < -0.4 is 16.6 Å². The number of hydrogen-bond donors (Lipinski definition) is 1. The van der Waals surface area contributed by atoms with Crippen LogP contribution in [-0.2, 0) is 13.5 Å². The average molecular weight is 405 g/mol. The van der Waals surface area contributed by atoms with E-state index in [0.29, 0.717) is 24.6 Å². The fourth-order valence-corrected chi connectivity index (χ4v) is 3.32. The quantitative estimate of drug-likeness (QED) is 0.552. The van der Waals surface area contributed by atoms with Crippen LogP contribution in [0.2, 0.25) is 0 Å². The van der Waals surface area contributed by atoms with E-state index in [1.807, 2.05) is 19.1 Å². The van der Waals surface area contributed by atoms with Gasteiger partial charge in [0, 0.05) is 19.8 Å². The van der Waals surface area contributed by atoms with Gasteiger partial charge in [-0.1, -0.05) is 24.3 Å². The summed E-state index contributed by atoms with van der Waals surface area (Å²) in [5.41, 5.74) is 1.58. The lowest BCUT2D eigenvalue weighted by Gasteiger charge is -2.12. The van der Waals surface area contributed by atoms with Crippen molar-refractivity contribution in [2.24, 2.45) is 7.05 Å². The summed E-state index contributed by atoms with van der Waals surface area (Å²) in [7, 11) is 1.57. The van der Waals surface area contributed by atoms with E-state index >= 15 is 0 Å². The van der Waals surface area contributed by atoms with Crippen molar-refractivity contribution in [1.29, 1.82) is 0 Å². The molecule has 0 aliphatic heterocycles. The van der Waals surface area contributed by atoms with Gasteiger partial charge in [0.25, 0.3) is 5.56 Å². The topological polar surface area (TPSA) is 81.8 Å². The van der Waals surface area contributed by atoms with Gasteiger partial charge in [0.05, 0.1) is 5.69 Å². The Morgan fingerprint density at radius 3 is 2.67 bits per heavy atom. The molecule has 0 bridgehead atoms. The van der Waals surface area contributed by atoms with Crippen LogP contribution >= 0.6 is 0 Å². The van der Waals surface area contributed by atoms with E-state index in [4.69, 9.17) is 0 Å². The van der Waals surface area contributed by atoms with Crippen molar-refractivity contribution >= 4 is 17.0 Å². The number of nitrogens with one attached hydrogen (secondary N) is 1. The van der Waals surface area contributed by atoms with Crippen LogP contribution in [0.3, 0.4) is 0 Å². The molecule has 0 radical (unpaired) electrons. The Balaban J connectivity index is 1.67. The average Bonchev–Trinajstić information content (AvgIpc) is 2.72. The van der Waals surface area contributed by atoms with Crippen LogP contribution in [-0.4, -0.2) is 25.6 Å². The lowest BCUT2D eigenvalue weighted by molar-refractivity contribution is 0.625. The fourth-order valence-electron chi connectivity index (χ4n) is 3.32. The lowest BCUT2D eigenvalue weighted by Crippen LogP contribution is -2.38. The number of aryl methyl sites for hydroxylation is 2. The third-order valence-electron chi connectivity index (χ3n) is 4.84. The molecule has 2 heterocycles. The number of rotatable bonds is 5. The first-order chi connectivity index (χ1) is 14.4. The van der Waals surface area contributed by atoms with Crippen LogP contribution in [0.5, 0.6) is 0 Å². The number of anilines is 1. The summed E-state index contributed by atoms with van der Waals surface area (Å²) in [4.78, 5) is 34.4. The van der Waals surface area contributed by atoms with Gasteiger partial charge in [-0.05, 0) is 48.7 Å². The SMILES string of the molecule is Cc1cccc(-n2c(=O)c3cnc(NCCc4cccc(F)c4)nc3n(C)c2=O)c1. The number of benzene rings is 2. The molecule has 30 heavy (non-hydrogen) atoms. The molecule has 0 saturated heterocycles. The minimum atomic E-state index is -0.484. The van der Waals surface area contributed by atoms with Crippen LogP contribution in [0.4, 0.5) is 10.3 Å². The molecular weight excluding hydrogens is 385 g/mol. The second-order valence-electron chi connectivity index (χ2n) is 7.06. The highest BCUT2D eigenvalue weighted by Gasteiger charge is 2.15. The van der Waals surface area contributed by atoms with E-state index in [2.05, 4.69) is 15.3 Å². The highest BCUT2D eigenvalue weighted by Crippen LogP contribution is 2.11. The fraction of sp³-hybridized carbons (Fsp3) is 0.182. The van der Waals surface area contributed by atoms with Crippen LogP contribution in [0.1, 0.15) is 11.1 Å². The Morgan fingerprint density at radius 1 is 1.10 bits per heavy atom. The van der Waals surface area contributed by atoms with Crippen molar-refractivity contribution in [3.8, 4) is 5.69 Å². The summed E-state index contributed by atoms with van der Waals surface area (Å²) < 4.78 is 15.7. The van der Waals surface area contributed by atoms with Crippen molar-refractivity contribution in [3.63, 3.8) is 0 Å². The highest BCUT2D eigenvalue weighted by atomic mass is 19.1. The second-order valence-corrected chi connectivity index (χ2v) is 7.06. The first-order valence-electron chi connectivity index (χ1n) is 9.48. The maximum Gasteiger partial charge on any atom is 0.337 e. The first-order valence-corrected chi connectivity index (χ1v) is 9.48. The molecule has 1 N–H and O–H groups in total. The zero-order valence-electron chi connectivity index (χ0n) is 16.6. The zero-order chi connectivity index (χ0) is 21.3. The molecule has 0 spiro atoms. The third kappa shape index (κ3) is 3.71. The predicted octanol–water partition coefficient (Wildman–Crippen LogP) is 2.58. The molecule has 7 nitrogen and oxygen atoms in total. The number of aromatic nitrogens is 4. The summed E-state index contributed by atoms with van der Waals surface area (Å²) in [5, 5.41) is 3.30. The van der Waals surface area contributed by atoms with Gasteiger partial charge in [-0.2, -0.15) is 4.98 Å². The molecule has 0 saturated carbocycles. The highest BCUT2D eigenvalue weighted by molar-refractivity contribution is 5.74. The summed E-state index contributed by atoms with van der Waals surface area (Å²) >= 11 is 0. The molecule has 4 aromatic rings. The van der Waals surface area contributed by atoms with Crippen LogP contribution in [0, 0.1) is 12.7 Å². The summed E-state index contributed by atoms with van der Waals surface area (Å²) in [6.07, 6.45) is 1.99. The number of fused-ring (bicyclic) bond motifs is 1. The Labute approximate surface area is 171 Å². The summed E-state index contributed by atoms with van der Waals surface area (Å²) in [5.74, 6) is 0.0101. The van der Waals surface area contributed by atoms with E-state index in [0.717, 1.165) is 15.7 Å². The first kappa shape index (κ1) is 19.5. The molecule has 2 aromatic heterocycles. The third-order valence-corrected chi connectivity index (χ3v) is 4.84. The molecule has 0 amide bonds. The monoisotopic (exact) mass is 405 g/mol.